The lowest BCUT2D eigenvalue weighted by molar-refractivity contribution is 0.230. The zero-order valence-electron chi connectivity index (χ0n) is 9.41. The van der Waals surface area contributed by atoms with Crippen molar-refractivity contribution in [2.75, 3.05) is 0 Å². The van der Waals surface area contributed by atoms with Crippen LogP contribution in [0.15, 0.2) is 18.2 Å². The molecule has 15 heavy (non-hydrogen) atoms. The van der Waals surface area contributed by atoms with E-state index >= 15 is 0 Å². The van der Waals surface area contributed by atoms with E-state index in [4.69, 9.17) is 22.7 Å². The number of rotatable bonds is 4. The van der Waals surface area contributed by atoms with Crippen molar-refractivity contribution in [1.82, 2.24) is 0 Å². The maximum atomic E-state index is 5.72. The maximum absolute atomic E-state index is 5.72. The van der Waals surface area contributed by atoms with Crippen LogP contribution in [0.25, 0.3) is 0 Å². The predicted octanol–water partition coefficient (Wildman–Crippen LogP) is 2.75. The summed E-state index contributed by atoms with van der Waals surface area (Å²) in [6, 6.07) is 6.15. The monoisotopic (exact) mass is 223 g/mol. The Morgan fingerprint density at radius 1 is 1.33 bits per heavy atom. The van der Waals surface area contributed by atoms with E-state index in [1.54, 1.807) is 0 Å². The summed E-state index contributed by atoms with van der Waals surface area (Å²) in [5, 5.41) is 0. The fourth-order valence-electron chi connectivity index (χ4n) is 1.56. The minimum absolute atomic E-state index is 0.0312. The Bertz CT molecular complexity index is 342. The van der Waals surface area contributed by atoms with Crippen molar-refractivity contribution in [2.45, 2.75) is 33.3 Å². The molecule has 0 aliphatic heterocycles. The fraction of sp³-hybridized carbons (Fsp3) is 0.417. The van der Waals surface area contributed by atoms with E-state index in [1.807, 2.05) is 19.1 Å². The molecular formula is C12H17NOS. The summed E-state index contributed by atoms with van der Waals surface area (Å²) in [6.45, 7) is 6.08. The Labute approximate surface area is 96.4 Å². The van der Waals surface area contributed by atoms with E-state index in [0.717, 1.165) is 5.75 Å². The molecule has 0 bridgehead atoms. The molecule has 2 nitrogen and oxygen atoms in total. The van der Waals surface area contributed by atoms with Gasteiger partial charge in [-0.1, -0.05) is 18.3 Å². The van der Waals surface area contributed by atoms with Gasteiger partial charge < -0.3 is 10.5 Å². The van der Waals surface area contributed by atoms with Gasteiger partial charge in [0.1, 0.15) is 11.9 Å². The molecule has 0 heterocycles. The van der Waals surface area contributed by atoms with Crippen molar-refractivity contribution in [3.8, 4) is 5.75 Å². The molecule has 1 atom stereocenters. The molecule has 3 heteroatoms. The quantitative estimate of drug-likeness (QED) is 0.797. The van der Waals surface area contributed by atoms with Crippen molar-refractivity contribution in [3.63, 3.8) is 0 Å². The summed E-state index contributed by atoms with van der Waals surface area (Å²) < 4.78 is 5.72. The minimum Gasteiger partial charge on any atom is -0.490 e. The van der Waals surface area contributed by atoms with Crippen molar-refractivity contribution < 1.29 is 4.74 Å². The molecule has 0 saturated heterocycles. The van der Waals surface area contributed by atoms with Gasteiger partial charge in [-0.2, -0.15) is 0 Å². The topological polar surface area (TPSA) is 35.2 Å². The van der Waals surface area contributed by atoms with Crippen molar-refractivity contribution in [2.24, 2.45) is 5.73 Å². The number of hydrogen-bond acceptors (Lipinski definition) is 2. The molecule has 0 spiro atoms. The number of thiocarbonyl (C=S) groups is 1. The van der Waals surface area contributed by atoms with Gasteiger partial charge in [0.05, 0.1) is 4.99 Å². The minimum atomic E-state index is 0.0312. The van der Waals surface area contributed by atoms with E-state index in [9.17, 15) is 0 Å². The third-order valence-electron chi connectivity index (χ3n) is 2.02. The summed E-state index contributed by atoms with van der Waals surface area (Å²) in [7, 11) is 0. The van der Waals surface area contributed by atoms with Gasteiger partial charge in [-0.25, -0.2) is 0 Å². The number of ether oxygens (including phenoxy) is 1. The van der Waals surface area contributed by atoms with Crippen molar-refractivity contribution >= 4 is 17.2 Å². The Balaban J connectivity index is 2.67. The molecule has 0 aliphatic carbocycles. The molecular weight excluding hydrogens is 206 g/mol. The lowest BCUT2D eigenvalue weighted by Gasteiger charge is -2.14. The van der Waals surface area contributed by atoms with Crippen LogP contribution in [0.1, 0.15) is 24.5 Å². The first-order valence-electron chi connectivity index (χ1n) is 5.00. The molecule has 0 aliphatic rings. The van der Waals surface area contributed by atoms with Crippen LogP contribution in [0, 0.1) is 13.8 Å². The highest BCUT2D eigenvalue weighted by atomic mass is 32.1. The highest BCUT2D eigenvalue weighted by Crippen LogP contribution is 2.18. The first kappa shape index (κ1) is 12.0. The molecule has 1 aromatic rings. The van der Waals surface area contributed by atoms with Gasteiger partial charge in [-0.15, -0.1) is 0 Å². The van der Waals surface area contributed by atoms with Crippen LogP contribution >= 0.6 is 12.2 Å². The van der Waals surface area contributed by atoms with Gasteiger partial charge in [-0.3, -0.25) is 0 Å². The lowest BCUT2D eigenvalue weighted by Crippen LogP contribution is -2.20. The van der Waals surface area contributed by atoms with E-state index in [1.165, 1.54) is 11.1 Å². The van der Waals surface area contributed by atoms with Crippen LogP contribution in [0.2, 0.25) is 0 Å². The molecule has 0 amide bonds. The number of nitrogens with two attached hydrogens (primary N) is 1. The summed E-state index contributed by atoms with van der Waals surface area (Å²) >= 11 is 4.84. The summed E-state index contributed by atoms with van der Waals surface area (Å²) in [6.07, 6.45) is 0.645. The number of benzene rings is 1. The molecule has 0 radical (unpaired) electrons. The normalized spacial score (nSPS) is 12.2. The Kier molecular flexibility index (Phi) is 4.09. The van der Waals surface area contributed by atoms with Crippen LogP contribution in [-0.2, 0) is 0 Å². The molecule has 1 rings (SSSR count). The van der Waals surface area contributed by atoms with Crippen LogP contribution < -0.4 is 10.5 Å². The molecule has 82 valence electrons. The van der Waals surface area contributed by atoms with Gasteiger partial charge in [0.25, 0.3) is 0 Å². The average molecular weight is 223 g/mol. The Hall–Kier alpha value is -1.09. The van der Waals surface area contributed by atoms with E-state index < -0.39 is 0 Å². The van der Waals surface area contributed by atoms with E-state index in [0.29, 0.717) is 11.4 Å². The lowest BCUT2D eigenvalue weighted by atomic mass is 10.1. The van der Waals surface area contributed by atoms with Crippen molar-refractivity contribution in [1.29, 1.82) is 0 Å². The second-order valence-corrected chi connectivity index (χ2v) is 4.45. The first-order chi connectivity index (χ1) is 6.97. The highest BCUT2D eigenvalue weighted by Gasteiger charge is 2.06. The standard InChI is InChI=1S/C12H17NOS/c1-8-4-9(2)6-11(5-8)14-10(3)7-12(13)15/h4-6,10H,7H2,1-3H3,(H2,13,15). The smallest absolute Gasteiger partial charge is 0.120 e. The second-order valence-electron chi connectivity index (χ2n) is 3.92. The zero-order chi connectivity index (χ0) is 11.4. The van der Waals surface area contributed by atoms with E-state index in [2.05, 4.69) is 19.9 Å². The summed E-state index contributed by atoms with van der Waals surface area (Å²) in [5.41, 5.74) is 7.86. The second kappa shape index (κ2) is 5.12. The predicted molar refractivity (Wildman–Crippen MR) is 67.4 cm³/mol. The SMILES string of the molecule is Cc1cc(C)cc(OC(C)CC(N)=S)c1. The first-order valence-corrected chi connectivity index (χ1v) is 5.41. The maximum Gasteiger partial charge on any atom is 0.120 e. The van der Waals surface area contributed by atoms with E-state index in [-0.39, 0.29) is 6.10 Å². The number of hydrogen-bond donors (Lipinski definition) is 1. The van der Waals surface area contributed by atoms with Crippen LogP contribution in [0.4, 0.5) is 0 Å². The van der Waals surface area contributed by atoms with Gasteiger partial charge in [-0.05, 0) is 44.0 Å². The molecule has 1 unspecified atom stereocenters. The summed E-state index contributed by atoms with van der Waals surface area (Å²) in [4.78, 5) is 0.492. The Morgan fingerprint density at radius 2 is 1.87 bits per heavy atom. The van der Waals surface area contributed by atoms with Gasteiger partial charge in [0.15, 0.2) is 0 Å². The van der Waals surface area contributed by atoms with Gasteiger partial charge in [0, 0.05) is 6.42 Å². The van der Waals surface area contributed by atoms with Crippen LogP contribution in [-0.4, -0.2) is 11.1 Å². The summed E-state index contributed by atoms with van der Waals surface area (Å²) in [5.74, 6) is 0.885. The average Bonchev–Trinajstić information content (AvgIpc) is 1.98. The largest absolute Gasteiger partial charge is 0.490 e. The highest BCUT2D eigenvalue weighted by molar-refractivity contribution is 7.80. The van der Waals surface area contributed by atoms with Crippen LogP contribution in [0.3, 0.4) is 0 Å². The third kappa shape index (κ3) is 4.30. The molecule has 2 N–H and O–H groups in total. The molecule has 1 aromatic carbocycles. The van der Waals surface area contributed by atoms with Gasteiger partial charge >= 0.3 is 0 Å². The fourth-order valence-corrected chi connectivity index (χ4v) is 1.79. The Morgan fingerprint density at radius 3 is 2.33 bits per heavy atom. The van der Waals surface area contributed by atoms with Crippen molar-refractivity contribution in [3.05, 3.63) is 29.3 Å². The zero-order valence-corrected chi connectivity index (χ0v) is 10.2. The van der Waals surface area contributed by atoms with Gasteiger partial charge in [0.2, 0.25) is 0 Å². The molecule has 0 saturated carbocycles. The van der Waals surface area contributed by atoms with Crippen LogP contribution in [0.5, 0.6) is 5.75 Å². The third-order valence-corrected chi connectivity index (χ3v) is 2.19. The molecule has 0 aromatic heterocycles. The molecule has 0 fully saturated rings. The number of aryl methyl sites for hydroxylation is 2.